The van der Waals surface area contributed by atoms with E-state index in [0.717, 1.165) is 0 Å². The Hall–Kier alpha value is -6.08. The Morgan fingerprint density at radius 1 is 0.553 bits per heavy atom. The molecule has 6 heterocycles. The summed E-state index contributed by atoms with van der Waals surface area (Å²) in [5.41, 5.74) is 0.0322. The Morgan fingerprint density at radius 2 is 0.868 bits per heavy atom. The summed E-state index contributed by atoms with van der Waals surface area (Å²) in [6, 6.07) is 0. The molecule has 76 heavy (non-hydrogen) atoms. The first-order chi connectivity index (χ1) is 36.1. The van der Waals surface area contributed by atoms with Gasteiger partial charge < -0.3 is 28.4 Å². The van der Waals surface area contributed by atoms with Crippen LogP contribution >= 0.6 is 23.2 Å². The molecular formula is C44H52Cl2F4N14O10S2. The average molecular weight is 1150 g/mol. The van der Waals surface area contributed by atoms with E-state index in [2.05, 4.69) is 60.3 Å². The van der Waals surface area contributed by atoms with E-state index in [4.69, 9.17) is 51.6 Å². The minimum absolute atomic E-state index is 0.0161. The van der Waals surface area contributed by atoms with Gasteiger partial charge in [-0.2, -0.15) is 19.9 Å². The third-order valence-corrected chi connectivity index (χ3v) is 17.3. The second kappa shape index (κ2) is 23.7. The Morgan fingerprint density at radius 3 is 1.13 bits per heavy atom. The van der Waals surface area contributed by atoms with E-state index < -0.39 is 77.6 Å². The fraction of sp³-hybridized carbons (Fsp3) is 0.545. The molecule has 6 aromatic rings. The largest absolute Gasteiger partial charge is 0.479 e. The van der Waals surface area contributed by atoms with Gasteiger partial charge in [-0.1, -0.05) is 23.2 Å². The van der Waals surface area contributed by atoms with Gasteiger partial charge in [-0.15, -0.1) is 20.4 Å². The van der Waals surface area contributed by atoms with Gasteiger partial charge in [0.15, 0.2) is 54.3 Å². The van der Waals surface area contributed by atoms with Crippen molar-refractivity contribution in [3.63, 3.8) is 0 Å². The highest BCUT2D eigenvalue weighted by Crippen LogP contribution is 2.49. The molecule has 6 atom stereocenters. The lowest BCUT2D eigenvalue weighted by Gasteiger charge is -2.23. The zero-order valence-corrected chi connectivity index (χ0v) is 45.2. The number of ether oxygens (including phenoxy) is 6. The summed E-state index contributed by atoms with van der Waals surface area (Å²) in [5, 5.41) is 14.4. The molecule has 0 bridgehead atoms. The zero-order chi connectivity index (χ0) is 55.3. The van der Waals surface area contributed by atoms with Crippen LogP contribution in [0.15, 0.2) is 37.4 Å². The number of hydrogen-bond donors (Lipinski definition) is 0. The van der Waals surface area contributed by atoms with Crippen molar-refractivity contribution in [2.45, 2.75) is 110 Å². The lowest BCUT2D eigenvalue weighted by atomic mass is 10.0. The van der Waals surface area contributed by atoms with E-state index in [0.29, 0.717) is 0 Å². The summed E-state index contributed by atoms with van der Waals surface area (Å²) >= 11 is 11.7. The molecule has 0 unspecified atom stereocenters. The molecule has 2 aliphatic rings. The van der Waals surface area contributed by atoms with Gasteiger partial charge in [-0.05, 0) is 39.5 Å². The fourth-order valence-corrected chi connectivity index (χ4v) is 11.9. The molecule has 412 valence electrons. The maximum Gasteiger partial charge on any atom is 0.257 e. The highest BCUT2D eigenvalue weighted by molar-refractivity contribution is 7.91. The second-order valence-corrected chi connectivity index (χ2v) is 23.0. The van der Waals surface area contributed by atoms with Gasteiger partial charge in [0.2, 0.25) is 23.5 Å². The Bertz CT molecular complexity index is 2950. The van der Waals surface area contributed by atoms with Gasteiger partial charge in [0, 0.05) is 51.8 Å². The standard InChI is InChI=1S/2C22H26ClF2N7O5S/c2*1-12(17(35-2)18-26-8-13(23)9-27-18)38(33,34)10-15-30-31-19(14-6-5-7-22(14,24)25)32(15)16-20(36-3)28-11-29-21(16)37-4/h2*8-9,11-12,14,17H,5-7,10H2,1-4H3/t12-,14+,17-;12-,14-,17-/m00/s1. The van der Waals surface area contributed by atoms with Crippen molar-refractivity contribution < 1.29 is 62.8 Å². The summed E-state index contributed by atoms with van der Waals surface area (Å²) in [4.78, 5) is 32.5. The molecule has 0 radical (unpaired) electrons. The molecule has 0 spiro atoms. The first-order valence-electron chi connectivity index (χ1n) is 23.0. The Kier molecular flexibility index (Phi) is 17.9. The van der Waals surface area contributed by atoms with Gasteiger partial charge in [-0.25, -0.2) is 54.3 Å². The average Bonchev–Trinajstić information content (AvgIpc) is 4.23. The molecule has 24 nitrogen and oxygen atoms in total. The molecule has 0 aliphatic heterocycles. The molecule has 0 N–H and O–H groups in total. The summed E-state index contributed by atoms with van der Waals surface area (Å²) in [7, 11) is -0.163. The number of methoxy groups -OCH3 is 6. The topological polar surface area (TPSA) is 288 Å². The van der Waals surface area contributed by atoms with Crippen molar-refractivity contribution in [2.24, 2.45) is 0 Å². The number of alkyl halides is 4. The number of sulfone groups is 2. The van der Waals surface area contributed by atoms with Gasteiger partial charge in [0.1, 0.15) is 48.0 Å². The van der Waals surface area contributed by atoms with Gasteiger partial charge in [0.05, 0.1) is 60.8 Å². The smallest absolute Gasteiger partial charge is 0.257 e. The lowest BCUT2D eigenvalue weighted by molar-refractivity contribution is -0.0124. The molecule has 8 rings (SSSR count). The highest BCUT2D eigenvalue weighted by Gasteiger charge is 2.50. The van der Waals surface area contributed by atoms with E-state index in [1.165, 1.54) is 103 Å². The molecule has 0 amide bonds. The van der Waals surface area contributed by atoms with E-state index in [1.54, 1.807) is 0 Å². The lowest BCUT2D eigenvalue weighted by Crippen LogP contribution is -2.30. The Labute approximate surface area is 443 Å². The molecular weight excluding hydrogens is 1100 g/mol. The maximum absolute atomic E-state index is 14.9. The number of rotatable bonds is 20. The predicted molar refractivity (Wildman–Crippen MR) is 261 cm³/mol. The molecule has 0 saturated heterocycles. The number of halogens is 6. The van der Waals surface area contributed by atoms with Crippen LogP contribution in [0.5, 0.6) is 23.5 Å². The third-order valence-electron chi connectivity index (χ3n) is 12.8. The van der Waals surface area contributed by atoms with Gasteiger partial charge >= 0.3 is 0 Å². The van der Waals surface area contributed by atoms with Crippen molar-refractivity contribution in [1.29, 1.82) is 0 Å². The SMILES string of the molecule is COc1ncnc(OC)c1-n1c(CS(=O)(=O)[C@@H](C)[C@H](OC)c2ncc(Cl)cn2)nnc1[C@@H]1CCCC1(F)F.COc1ncnc(OC)c1-n1c(CS(=O)(=O)[C@@H](C)[C@H](OC)c2ncc(Cl)cn2)nnc1[C@H]1CCCC1(F)F. The monoisotopic (exact) mass is 1150 g/mol. The van der Waals surface area contributed by atoms with Crippen molar-refractivity contribution in [3.05, 3.63) is 82.4 Å². The van der Waals surface area contributed by atoms with E-state index in [9.17, 15) is 34.4 Å². The fourth-order valence-electron chi connectivity index (χ4n) is 8.90. The molecule has 2 fully saturated rings. The van der Waals surface area contributed by atoms with Crippen molar-refractivity contribution >= 4 is 42.9 Å². The van der Waals surface area contributed by atoms with Crippen molar-refractivity contribution in [2.75, 3.05) is 42.7 Å². The van der Waals surface area contributed by atoms with Crippen LogP contribution in [0.3, 0.4) is 0 Å². The van der Waals surface area contributed by atoms with Gasteiger partial charge in [0.25, 0.3) is 11.8 Å². The highest BCUT2D eigenvalue weighted by atomic mass is 35.5. The second-order valence-electron chi connectivity index (χ2n) is 17.4. The zero-order valence-electron chi connectivity index (χ0n) is 42.0. The van der Waals surface area contributed by atoms with Gasteiger partial charge in [-0.3, -0.25) is 9.13 Å². The number of aromatic nitrogens is 14. The van der Waals surface area contributed by atoms with E-state index in [-0.39, 0.29) is 118 Å². The van der Waals surface area contributed by atoms with Crippen LogP contribution in [0.25, 0.3) is 11.4 Å². The first kappa shape index (κ1) is 57.6. The van der Waals surface area contributed by atoms with Crippen LogP contribution < -0.4 is 18.9 Å². The van der Waals surface area contributed by atoms with Crippen LogP contribution in [0.4, 0.5) is 17.6 Å². The summed E-state index contributed by atoms with van der Waals surface area (Å²) < 4.78 is 148. The molecule has 2 aliphatic carbocycles. The molecule has 6 aromatic heterocycles. The molecule has 32 heteroatoms. The summed E-state index contributed by atoms with van der Waals surface area (Å²) in [5.74, 6) is -10.6. The minimum Gasteiger partial charge on any atom is -0.479 e. The maximum atomic E-state index is 14.9. The number of hydrogen-bond acceptors (Lipinski definition) is 22. The van der Waals surface area contributed by atoms with E-state index in [1.807, 2.05) is 0 Å². The normalized spacial score (nSPS) is 18.8. The number of nitrogens with zero attached hydrogens (tertiary/aromatic N) is 14. The van der Waals surface area contributed by atoms with Crippen LogP contribution in [0, 0.1) is 0 Å². The minimum atomic E-state index is -4.06. The molecule has 0 aromatic carbocycles. The van der Waals surface area contributed by atoms with Crippen molar-refractivity contribution in [1.82, 2.24) is 69.4 Å². The van der Waals surface area contributed by atoms with Crippen LogP contribution in [-0.4, -0.2) is 151 Å². The van der Waals surface area contributed by atoms with Crippen molar-refractivity contribution in [3.8, 4) is 34.9 Å². The Balaban J connectivity index is 0.000000221. The summed E-state index contributed by atoms with van der Waals surface area (Å²) in [6.45, 7) is 2.86. The van der Waals surface area contributed by atoms with E-state index >= 15 is 0 Å². The summed E-state index contributed by atoms with van der Waals surface area (Å²) in [6.07, 6.45) is 5.70. The van der Waals surface area contributed by atoms with Crippen LogP contribution in [0.2, 0.25) is 10.0 Å². The first-order valence-corrected chi connectivity index (χ1v) is 27.2. The quantitative estimate of drug-likeness (QED) is 0.0766. The van der Waals surface area contributed by atoms with Crippen LogP contribution in [-0.2, 0) is 40.7 Å². The third kappa shape index (κ3) is 11.9. The molecule has 2 saturated carbocycles. The predicted octanol–water partition coefficient (Wildman–Crippen LogP) is 6.22. The van der Waals surface area contributed by atoms with Crippen LogP contribution in [0.1, 0.15) is 111 Å².